The van der Waals surface area contributed by atoms with Gasteiger partial charge in [-0.25, -0.2) is 0 Å². The second kappa shape index (κ2) is 15.6. The Bertz CT molecular complexity index is 1410. The van der Waals surface area contributed by atoms with E-state index in [1.807, 2.05) is 24.3 Å². The van der Waals surface area contributed by atoms with Gasteiger partial charge in [-0.2, -0.15) is 0 Å². The van der Waals surface area contributed by atoms with E-state index in [-0.39, 0.29) is 5.43 Å². The van der Waals surface area contributed by atoms with Crippen LogP contribution in [0.1, 0.15) is 37.7 Å². The number of hydrogen-bond donors (Lipinski definition) is 0. The van der Waals surface area contributed by atoms with Crippen LogP contribution in [0.25, 0.3) is 22.1 Å². The van der Waals surface area contributed by atoms with Crippen LogP contribution in [0.3, 0.4) is 0 Å². The number of nitrogens with zero attached hydrogens (tertiary/aromatic N) is 2. The van der Waals surface area contributed by atoms with Crippen LogP contribution in [0.5, 0.6) is 11.5 Å². The summed E-state index contributed by atoms with van der Waals surface area (Å²) in [5.74, 6) is 1.78. The van der Waals surface area contributed by atoms with Crippen molar-refractivity contribution in [2.45, 2.75) is 38.5 Å². The summed E-state index contributed by atoms with van der Waals surface area (Å²) < 4.78 is 16.6. The lowest BCUT2D eigenvalue weighted by atomic mass is 9.93. The SMILES string of the molecule is C=C/C=C(\C=C)CN1CCC(CCN(C)CCCCc2ccc(-c3coc4c(OC)c(OC)ccc4c3=O)cc2)CC1. The molecule has 0 unspecified atom stereocenters. The summed E-state index contributed by atoms with van der Waals surface area (Å²) in [5.41, 5.74) is 4.24. The topological polar surface area (TPSA) is 55.1 Å². The van der Waals surface area contributed by atoms with Gasteiger partial charge in [0.1, 0.15) is 6.26 Å². The molecular weight excluding hydrogens is 524 g/mol. The molecule has 1 aliphatic rings. The number of fused-ring (bicyclic) bond motifs is 1. The third-order valence-electron chi connectivity index (χ3n) is 8.43. The number of rotatable bonds is 15. The first kappa shape index (κ1) is 31.3. The van der Waals surface area contributed by atoms with Crippen LogP contribution in [-0.4, -0.2) is 63.8 Å². The number of aryl methyl sites for hydroxylation is 1. The number of hydrogen-bond acceptors (Lipinski definition) is 6. The lowest BCUT2D eigenvalue weighted by Crippen LogP contribution is -2.36. The van der Waals surface area contributed by atoms with Crippen LogP contribution >= 0.6 is 0 Å². The first-order valence-corrected chi connectivity index (χ1v) is 15.1. The predicted molar refractivity (Wildman–Crippen MR) is 174 cm³/mol. The monoisotopic (exact) mass is 570 g/mol. The van der Waals surface area contributed by atoms with Crippen LogP contribution in [0.4, 0.5) is 0 Å². The van der Waals surface area contributed by atoms with Gasteiger partial charge in [-0.1, -0.05) is 55.7 Å². The first-order chi connectivity index (χ1) is 20.5. The number of allylic oxidation sites excluding steroid dienone is 2. The van der Waals surface area contributed by atoms with Gasteiger partial charge in [-0.3, -0.25) is 9.69 Å². The molecule has 0 atom stereocenters. The van der Waals surface area contributed by atoms with Gasteiger partial charge in [0, 0.05) is 6.54 Å². The molecule has 6 heteroatoms. The molecule has 0 spiro atoms. The highest BCUT2D eigenvalue weighted by molar-refractivity contribution is 5.88. The summed E-state index contributed by atoms with van der Waals surface area (Å²) in [5, 5.41) is 0.475. The third-order valence-corrected chi connectivity index (χ3v) is 8.43. The molecule has 1 saturated heterocycles. The Balaban J connectivity index is 1.19. The average molecular weight is 571 g/mol. The van der Waals surface area contributed by atoms with Gasteiger partial charge in [0.15, 0.2) is 11.3 Å². The summed E-state index contributed by atoms with van der Waals surface area (Å²) in [6.45, 7) is 13.3. The second-order valence-corrected chi connectivity index (χ2v) is 11.3. The van der Waals surface area contributed by atoms with Crippen molar-refractivity contribution in [3.8, 4) is 22.6 Å². The maximum Gasteiger partial charge on any atom is 0.204 e. The van der Waals surface area contributed by atoms with E-state index in [2.05, 4.69) is 48.2 Å². The number of unbranched alkanes of at least 4 members (excludes halogenated alkanes) is 1. The van der Waals surface area contributed by atoms with Crippen LogP contribution in [0, 0.1) is 5.92 Å². The number of ether oxygens (including phenoxy) is 2. The van der Waals surface area contributed by atoms with E-state index in [1.165, 1.54) is 69.8 Å². The molecule has 0 N–H and O–H groups in total. The molecule has 6 nitrogen and oxygen atoms in total. The summed E-state index contributed by atoms with van der Waals surface area (Å²) in [6.07, 6.45) is 14.6. The highest BCUT2D eigenvalue weighted by atomic mass is 16.5. The Morgan fingerprint density at radius 3 is 2.48 bits per heavy atom. The minimum absolute atomic E-state index is 0.0824. The molecule has 0 bridgehead atoms. The molecule has 1 aromatic heterocycles. The molecule has 2 aromatic carbocycles. The van der Waals surface area contributed by atoms with Crippen molar-refractivity contribution in [1.29, 1.82) is 0 Å². The zero-order valence-electron chi connectivity index (χ0n) is 25.6. The molecule has 1 fully saturated rings. The largest absolute Gasteiger partial charge is 0.493 e. The van der Waals surface area contributed by atoms with Crippen molar-refractivity contribution in [1.82, 2.24) is 9.80 Å². The summed E-state index contributed by atoms with van der Waals surface area (Å²) in [6, 6.07) is 11.7. The number of likely N-dealkylation sites (tertiary alicyclic amines) is 1. The van der Waals surface area contributed by atoms with Crippen molar-refractivity contribution in [2.75, 3.05) is 54.0 Å². The zero-order chi connectivity index (χ0) is 29.9. The number of methoxy groups -OCH3 is 2. The maximum absolute atomic E-state index is 13.2. The third kappa shape index (κ3) is 8.02. The van der Waals surface area contributed by atoms with E-state index in [0.717, 1.165) is 37.4 Å². The fourth-order valence-corrected chi connectivity index (χ4v) is 5.81. The van der Waals surface area contributed by atoms with Gasteiger partial charge < -0.3 is 18.8 Å². The first-order valence-electron chi connectivity index (χ1n) is 15.1. The van der Waals surface area contributed by atoms with Crippen LogP contribution in [0.2, 0.25) is 0 Å². The predicted octanol–water partition coefficient (Wildman–Crippen LogP) is 7.13. The Morgan fingerprint density at radius 1 is 1.05 bits per heavy atom. The molecule has 224 valence electrons. The van der Waals surface area contributed by atoms with Gasteiger partial charge in [0.2, 0.25) is 11.2 Å². The molecule has 0 radical (unpaired) electrons. The molecule has 42 heavy (non-hydrogen) atoms. The van der Waals surface area contributed by atoms with E-state index < -0.39 is 0 Å². The zero-order valence-corrected chi connectivity index (χ0v) is 25.6. The van der Waals surface area contributed by atoms with Crippen molar-refractivity contribution in [3.05, 3.63) is 95.4 Å². The fourth-order valence-electron chi connectivity index (χ4n) is 5.81. The second-order valence-electron chi connectivity index (χ2n) is 11.3. The van der Waals surface area contributed by atoms with Crippen molar-refractivity contribution < 1.29 is 13.9 Å². The smallest absolute Gasteiger partial charge is 0.204 e. The maximum atomic E-state index is 13.2. The van der Waals surface area contributed by atoms with Crippen LogP contribution < -0.4 is 14.9 Å². The summed E-state index contributed by atoms with van der Waals surface area (Å²) >= 11 is 0. The minimum Gasteiger partial charge on any atom is -0.493 e. The van der Waals surface area contributed by atoms with E-state index >= 15 is 0 Å². The molecule has 4 rings (SSSR count). The highest BCUT2D eigenvalue weighted by Crippen LogP contribution is 2.35. The average Bonchev–Trinajstić information content (AvgIpc) is 3.02. The van der Waals surface area contributed by atoms with Crippen molar-refractivity contribution in [2.24, 2.45) is 5.92 Å². The number of piperidine rings is 1. The van der Waals surface area contributed by atoms with E-state index in [4.69, 9.17) is 13.9 Å². The van der Waals surface area contributed by atoms with Crippen molar-refractivity contribution >= 4 is 11.0 Å². The molecule has 1 aliphatic heterocycles. The quantitative estimate of drug-likeness (QED) is 0.143. The Kier molecular flexibility index (Phi) is 11.6. The van der Waals surface area contributed by atoms with Gasteiger partial charge in [0.05, 0.1) is 25.2 Å². The number of benzene rings is 2. The lowest BCUT2D eigenvalue weighted by Gasteiger charge is -2.33. The molecule has 2 heterocycles. The highest BCUT2D eigenvalue weighted by Gasteiger charge is 2.20. The van der Waals surface area contributed by atoms with Crippen LogP contribution in [-0.2, 0) is 6.42 Å². The van der Waals surface area contributed by atoms with Gasteiger partial charge in [-0.05, 0) is 107 Å². The Labute approximate surface area is 250 Å². The summed E-state index contributed by atoms with van der Waals surface area (Å²) in [7, 11) is 5.35. The standard InChI is InChI=1S/C36H46N2O4/c1-6-10-27(7-2)25-38-23-19-29(20-24-38)18-22-37(3)21-9-8-11-28-12-14-30(15-13-28)32-26-42-35-31(34(32)39)16-17-33(40-4)36(35)41-5/h6-7,10,12-17,26,29H,1-2,8-9,11,18-25H2,3-5H3/b27-10+. The summed E-state index contributed by atoms with van der Waals surface area (Å²) in [4.78, 5) is 18.3. The molecule has 3 aromatic rings. The van der Waals surface area contributed by atoms with Crippen molar-refractivity contribution in [3.63, 3.8) is 0 Å². The van der Waals surface area contributed by atoms with E-state index in [9.17, 15) is 4.79 Å². The molecule has 0 saturated carbocycles. The van der Waals surface area contributed by atoms with E-state index in [1.54, 1.807) is 19.2 Å². The van der Waals surface area contributed by atoms with E-state index in [0.29, 0.717) is 28.0 Å². The fraction of sp³-hybridized carbons (Fsp3) is 0.417. The Morgan fingerprint density at radius 2 is 1.81 bits per heavy atom. The lowest BCUT2D eigenvalue weighted by molar-refractivity contribution is 0.179. The van der Waals surface area contributed by atoms with Gasteiger partial charge >= 0.3 is 0 Å². The Hall–Kier alpha value is -3.61. The van der Waals surface area contributed by atoms with Gasteiger partial charge in [0.25, 0.3) is 0 Å². The molecular formula is C36H46N2O4. The molecule has 0 aliphatic carbocycles. The normalized spacial score (nSPS) is 14.8. The minimum atomic E-state index is -0.0824. The molecule has 0 amide bonds. The van der Waals surface area contributed by atoms with Crippen LogP contribution in [0.15, 0.2) is 88.8 Å². The van der Waals surface area contributed by atoms with Gasteiger partial charge in [-0.15, -0.1) is 0 Å².